The number of anilines is 1. The molecule has 1 unspecified atom stereocenters. The van der Waals surface area contributed by atoms with E-state index >= 15 is 0 Å². The second-order valence-corrected chi connectivity index (χ2v) is 7.37. The van der Waals surface area contributed by atoms with Gasteiger partial charge in [0.05, 0.1) is 11.6 Å². The lowest BCUT2D eigenvalue weighted by molar-refractivity contribution is 0.0109. The van der Waals surface area contributed by atoms with Crippen molar-refractivity contribution in [1.29, 1.82) is 0 Å². The number of aliphatic hydroxyl groups excluding tert-OH is 1. The summed E-state index contributed by atoms with van der Waals surface area (Å²) in [5.41, 5.74) is 0.545. The smallest absolute Gasteiger partial charge is 0.255 e. The van der Waals surface area contributed by atoms with Gasteiger partial charge >= 0.3 is 0 Å². The van der Waals surface area contributed by atoms with Crippen molar-refractivity contribution < 1.29 is 14.6 Å². The third kappa shape index (κ3) is 3.72. The topological polar surface area (TPSA) is 77.9 Å². The van der Waals surface area contributed by atoms with Crippen molar-refractivity contribution in [3.63, 3.8) is 0 Å². The van der Waals surface area contributed by atoms with Crippen molar-refractivity contribution in [2.75, 3.05) is 32.1 Å². The van der Waals surface area contributed by atoms with E-state index in [1.165, 1.54) is 0 Å². The van der Waals surface area contributed by atoms with E-state index in [4.69, 9.17) is 4.74 Å². The van der Waals surface area contributed by atoms with E-state index < -0.39 is 6.23 Å². The maximum atomic E-state index is 12.8. The van der Waals surface area contributed by atoms with Gasteiger partial charge < -0.3 is 20.1 Å². The molecule has 1 amide bonds. The van der Waals surface area contributed by atoms with Crippen molar-refractivity contribution in [3.05, 3.63) is 17.8 Å². The molecule has 3 heterocycles. The van der Waals surface area contributed by atoms with E-state index in [0.29, 0.717) is 42.7 Å². The van der Waals surface area contributed by atoms with Gasteiger partial charge in [-0.3, -0.25) is 9.69 Å². The second kappa shape index (κ2) is 7.17. The molecule has 3 rings (SSSR count). The number of amides is 1. The number of fused-ring (bicyclic) bond motifs is 1. The molecule has 1 aromatic rings. The van der Waals surface area contributed by atoms with E-state index in [2.05, 4.69) is 24.1 Å². The summed E-state index contributed by atoms with van der Waals surface area (Å²) in [4.78, 5) is 20.9. The first-order chi connectivity index (χ1) is 11.9. The van der Waals surface area contributed by atoms with Crippen LogP contribution in [0.5, 0.6) is 5.75 Å². The number of rotatable bonds is 4. The van der Waals surface area contributed by atoms with Gasteiger partial charge in [0.1, 0.15) is 12.8 Å². The number of carbonyl (C=O) groups is 1. The van der Waals surface area contributed by atoms with Crippen LogP contribution in [0.4, 0.5) is 5.82 Å². The molecule has 1 saturated heterocycles. The van der Waals surface area contributed by atoms with E-state index in [-0.39, 0.29) is 18.0 Å². The molecule has 0 radical (unpaired) electrons. The van der Waals surface area contributed by atoms with Gasteiger partial charge in [-0.1, -0.05) is 13.8 Å². The van der Waals surface area contributed by atoms with Gasteiger partial charge in [-0.15, -0.1) is 0 Å². The quantitative estimate of drug-likeness (QED) is 0.801. The number of aliphatic hydroxyl groups is 1. The lowest BCUT2D eigenvalue weighted by Gasteiger charge is -2.29. The van der Waals surface area contributed by atoms with Crippen molar-refractivity contribution in [2.24, 2.45) is 5.92 Å². The van der Waals surface area contributed by atoms with Crippen molar-refractivity contribution in [2.45, 2.75) is 45.5 Å². The fourth-order valence-corrected chi connectivity index (χ4v) is 3.28. The van der Waals surface area contributed by atoms with Crippen LogP contribution >= 0.6 is 0 Å². The normalized spacial score (nSPS) is 24.0. The van der Waals surface area contributed by atoms with E-state index in [1.807, 2.05) is 16.8 Å². The largest absolute Gasteiger partial charge is 0.488 e. The van der Waals surface area contributed by atoms with E-state index in [1.54, 1.807) is 19.2 Å². The molecule has 0 saturated carbocycles. The predicted octanol–water partition coefficient (Wildman–Crippen LogP) is 1.40. The molecule has 3 atom stereocenters. The zero-order chi connectivity index (χ0) is 18.1. The van der Waals surface area contributed by atoms with Gasteiger partial charge in [0.15, 0.2) is 11.6 Å². The first-order valence-electron chi connectivity index (χ1n) is 8.95. The fourth-order valence-electron chi connectivity index (χ4n) is 3.28. The van der Waals surface area contributed by atoms with Crippen LogP contribution in [0.3, 0.4) is 0 Å². The molecule has 1 aromatic heterocycles. The average molecular weight is 348 g/mol. The average Bonchev–Trinajstić information content (AvgIpc) is 3.09. The summed E-state index contributed by atoms with van der Waals surface area (Å²) in [7, 11) is 1.88. The summed E-state index contributed by atoms with van der Waals surface area (Å²) >= 11 is 0. The Kier molecular flexibility index (Phi) is 5.15. The van der Waals surface area contributed by atoms with Gasteiger partial charge in [0.25, 0.3) is 5.91 Å². The van der Waals surface area contributed by atoms with Gasteiger partial charge in [0.2, 0.25) is 0 Å². The third-order valence-corrected chi connectivity index (χ3v) is 5.26. The summed E-state index contributed by atoms with van der Waals surface area (Å²) in [6.45, 7) is 7.90. The summed E-state index contributed by atoms with van der Waals surface area (Å²) < 4.78 is 5.80. The second-order valence-electron chi connectivity index (χ2n) is 7.37. The van der Waals surface area contributed by atoms with Crippen LogP contribution in [0.15, 0.2) is 12.3 Å². The first-order valence-corrected chi connectivity index (χ1v) is 8.95. The van der Waals surface area contributed by atoms with Crippen LogP contribution in [0.2, 0.25) is 0 Å². The Morgan fingerprint density at radius 3 is 2.92 bits per heavy atom. The number of nitrogens with zero attached hydrogens (tertiary/aromatic N) is 3. The Morgan fingerprint density at radius 1 is 1.48 bits per heavy atom. The van der Waals surface area contributed by atoms with Crippen molar-refractivity contribution >= 4 is 11.7 Å². The molecular weight excluding hydrogens is 320 g/mol. The molecule has 7 nitrogen and oxygen atoms in total. The minimum absolute atomic E-state index is 0.0358. The Bertz CT molecular complexity index is 635. The lowest BCUT2D eigenvalue weighted by atomic mass is 10.0. The molecule has 0 bridgehead atoms. The summed E-state index contributed by atoms with van der Waals surface area (Å²) in [5, 5.41) is 13.1. The number of likely N-dealkylation sites (tertiary alicyclic amines) is 1. The van der Waals surface area contributed by atoms with Gasteiger partial charge in [0, 0.05) is 25.3 Å². The predicted molar refractivity (Wildman–Crippen MR) is 95.7 cm³/mol. The van der Waals surface area contributed by atoms with Gasteiger partial charge in [-0.25, -0.2) is 4.98 Å². The SMILES string of the molecule is CC(C)[C@@H]1COc2cc(C(=O)N3CC[C@H](N(C)C(C)O)C3)cnc2N1. The van der Waals surface area contributed by atoms with Crippen molar-refractivity contribution in [1.82, 2.24) is 14.8 Å². The number of pyridine rings is 1. The molecule has 2 aliphatic rings. The highest BCUT2D eigenvalue weighted by atomic mass is 16.5. The van der Waals surface area contributed by atoms with Crippen LogP contribution < -0.4 is 10.1 Å². The minimum Gasteiger partial charge on any atom is -0.488 e. The highest BCUT2D eigenvalue weighted by Crippen LogP contribution is 2.30. The van der Waals surface area contributed by atoms with Crippen LogP contribution in [0, 0.1) is 5.92 Å². The maximum absolute atomic E-state index is 12.8. The number of carbonyl (C=O) groups excluding carboxylic acids is 1. The molecule has 138 valence electrons. The number of hydrogen-bond acceptors (Lipinski definition) is 6. The van der Waals surface area contributed by atoms with E-state index in [9.17, 15) is 9.90 Å². The van der Waals surface area contributed by atoms with Crippen LogP contribution in [0.1, 0.15) is 37.6 Å². The Morgan fingerprint density at radius 2 is 2.24 bits per heavy atom. The van der Waals surface area contributed by atoms with Crippen LogP contribution in [-0.4, -0.2) is 70.9 Å². The Balaban J connectivity index is 1.68. The summed E-state index contributed by atoms with van der Waals surface area (Å²) in [5.74, 6) is 1.75. The zero-order valence-electron chi connectivity index (χ0n) is 15.4. The molecule has 0 aliphatic carbocycles. The number of ether oxygens (including phenoxy) is 1. The van der Waals surface area contributed by atoms with Gasteiger partial charge in [-0.2, -0.15) is 0 Å². The van der Waals surface area contributed by atoms with Crippen molar-refractivity contribution in [3.8, 4) is 5.75 Å². The molecule has 0 spiro atoms. The Labute approximate surface area is 149 Å². The number of aromatic nitrogens is 1. The zero-order valence-corrected chi connectivity index (χ0v) is 15.4. The van der Waals surface area contributed by atoms with Crippen LogP contribution in [-0.2, 0) is 0 Å². The van der Waals surface area contributed by atoms with Crippen LogP contribution in [0.25, 0.3) is 0 Å². The fraction of sp³-hybridized carbons (Fsp3) is 0.667. The molecule has 7 heteroatoms. The minimum atomic E-state index is -0.515. The molecule has 2 N–H and O–H groups in total. The van der Waals surface area contributed by atoms with E-state index in [0.717, 1.165) is 6.42 Å². The molecule has 2 aliphatic heterocycles. The van der Waals surface area contributed by atoms with Gasteiger partial charge in [-0.05, 0) is 32.4 Å². The summed E-state index contributed by atoms with van der Waals surface area (Å²) in [6.07, 6.45) is 1.96. The number of hydrogen-bond donors (Lipinski definition) is 2. The molecule has 25 heavy (non-hydrogen) atoms. The monoisotopic (exact) mass is 348 g/mol. The number of nitrogens with one attached hydrogen (secondary N) is 1. The summed E-state index contributed by atoms with van der Waals surface area (Å²) in [6, 6.07) is 2.19. The molecular formula is C18H28N4O3. The molecule has 1 fully saturated rings. The first kappa shape index (κ1) is 17.9. The number of likely N-dealkylation sites (N-methyl/N-ethyl adjacent to an activating group) is 1. The maximum Gasteiger partial charge on any atom is 0.255 e. The third-order valence-electron chi connectivity index (χ3n) is 5.26. The molecule has 0 aromatic carbocycles. The standard InChI is InChI=1S/C18H28N4O3/c1-11(2)15-10-25-16-7-13(8-19-17(16)20-15)18(24)22-6-5-14(9-22)21(4)12(3)23/h7-8,11-12,14-15,23H,5-6,9-10H2,1-4H3,(H,19,20)/t12?,14-,15-/m0/s1. The lowest BCUT2D eigenvalue weighted by Crippen LogP contribution is -2.41. The Hall–Kier alpha value is -1.86. The highest BCUT2D eigenvalue weighted by molar-refractivity contribution is 5.95. The highest BCUT2D eigenvalue weighted by Gasteiger charge is 2.31.